The first-order valence-corrected chi connectivity index (χ1v) is 6.01. The number of benzene rings is 1. The second kappa shape index (κ2) is 4.90. The van der Waals surface area contributed by atoms with Gasteiger partial charge in [-0.15, -0.1) is 0 Å². The molecule has 1 atom stereocenters. The monoisotopic (exact) mass is 276 g/mol. The van der Waals surface area contributed by atoms with Crippen LogP contribution in [0.5, 0.6) is 5.75 Å². The Balaban J connectivity index is 2.55. The molecule has 0 aliphatic heterocycles. The van der Waals surface area contributed by atoms with Gasteiger partial charge in [-0.25, -0.2) is 5.06 Å². The number of para-hydroxylation sites is 1. The molecule has 0 spiro atoms. The van der Waals surface area contributed by atoms with Gasteiger partial charge in [0.15, 0.2) is 5.71 Å². The Labute approximate surface area is 116 Å². The number of hydrogen-bond acceptors (Lipinski definition) is 6. The van der Waals surface area contributed by atoms with Crippen molar-refractivity contribution in [3.63, 3.8) is 0 Å². The number of phenols is 1. The highest BCUT2D eigenvalue weighted by Crippen LogP contribution is 2.36. The number of aliphatic hydroxyl groups is 1. The Kier molecular flexibility index (Phi) is 3.42. The number of allylic oxidation sites excluding steroid dienone is 2. The van der Waals surface area contributed by atoms with Crippen molar-refractivity contribution in [3.8, 4) is 5.75 Å². The molecule has 0 heterocycles. The summed E-state index contributed by atoms with van der Waals surface area (Å²) in [4.78, 5) is 0. The van der Waals surface area contributed by atoms with E-state index in [4.69, 9.17) is 5.21 Å². The van der Waals surface area contributed by atoms with Crippen molar-refractivity contribution in [1.82, 2.24) is 0 Å². The first kappa shape index (κ1) is 14.0. The number of aromatic hydroxyl groups is 1. The lowest BCUT2D eigenvalue weighted by Gasteiger charge is -2.37. The van der Waals surface area contributed by atoms with E-state index in [2.05, 4.69) is 5.16 Å². The van der Waals surface area contributed by atoms with Crippen molar-refractivity contribution in [2.45, 2.75) is 19.4 Å². The fourth-order valence-electron chi connectivity index (χ4n) is 2.22. The van der Waals surface area contributed by atoms with Crippen LogP contribution in [0.1, 0.15) is 12.5 Å². The molecule has 1 aromatic carbocycles. The van der Waals surface area contributed by atoms with Gasteiger partial charge in [-0.3, -0.25) is 5.21 Å². The largest absolute Gasteiger partial charge is 0.506 e. The van der Waals surface area contributed by atoms with Gasteiger partial charge >= 0.3 is 0 Å². The number of oxime groups is 1. The summed E-state index contributed by atoms with van der Waals surface area (Å²) in [5.74, 6) is -0.377. The third-order valence-electron chi connectivity index (χ3n) is 3.37. The van der Waals surface area contributed by atoms with E-state index in [0.717, 1.165) is 5.06 Å². The molecule has 4 N–H and O–H groups in total. The summed E-state index contributed by atoms with van der Waals surface area (Å²) >= 11 is 0. The summed E-state index contributed by atoms with van der Waals surface area (Å²) < 4.78 is 0. The molecule has 0 fully saturated rings. The number of hydrogen-bond donors (Lipinski definition) is 4. The summed E-state index contributed by atoms with van der Waals surface area (Å²) in [5, 5.41) is 43.1. The number of rotatable bonds is 2. The Morgan fingerprint density at radius 3 is 2.55 bits per heavy atom. The molecule has 2 rings (SSSR count). The maximum absolute atomic E-state index is 10.5. The Morgan fingerprint density at radius 1 is 1.25 bits per heavy atom. The summed E-state index contributed by atoms with van der Waals surface area (Å²) in [6, 6.07) is 4.81. The SMILES string of the molecule is Cc1cccc(O)c1N(O)C1(C)C=CC=C(O)/C1=N\O. The van der Waals surface area contributed by atoms with E-state index in [9.17, 15) is 15.4 Å². The number of nitrogens with zero attached hydrogens (tertiary/aromatic N) is 2. The van der Waals surface area contributed by atoms with Crippen molar-refractivity contribution in [3.05, 3.63) is 47.7 Å². The molecule has 0 bridgehead atoms. The van der Waals surface area contributed by atoms with Crippen LogP contribution in [0.3, 0.4) is 0 Å². The topological polar surface area (TPSA) is 96.5 Å². The lowest BCUT2D eigenvalue weighted by molar-refractivity contribution is 0.207. The summed E-state index contributed by atoms with van der Waals surface area (Å²) in [6.45, 7) is 3.27. The molecular formula is C14H16N2O4. The number of phenolic OH excluding ortho intramolecular Hbond substituents is 1. The first-order chi connectivity index (χ1) is 9.41. The van der Waals surface area contributed by atoms with Crippen LogP contribution in [-0.4, -0.2) is 31.9 Å². The first-order valence-electron chi connectivity index (χ1n) is 6.01. The number of aliphatic hydroxyl groups excluding tert-OH is 1. The van der Waals surface area contributed by atoms with Crippen LogP contribution >= 0.6 is 0 Å². The third kappa shape index (κ3) is 2.00. The Hall–Kier alpha value is -2.47. The zero-order valence-corrected chi connectivity index (χ0v) is 11.1. The van der Waals surface area contributed by atoms with Crippen molar-refractivity contribution in [2.24, 2.45) is 5.16 Å². The smallest absolute Gasteiger partial charge is 0.153 e. The van der Waals surface area contributed by atoms with Gasteiger partial charge in [-0.1, -0.05) is 29.4 Å². The van der Waals surface area contributed by atoms with E-state index < -0.39 is 5.54 Å². The minimum atomic E-state index is -1.31. The third-order valence-corrected chi connectivity index (χ3v) is 3.37. The highest BCUT2D eigenvalue weighted by Gasteiger charge is 2.40. The van der Waals surface area contributed by atoms with E-state index in [0.29, 0.717) is 5.56 Å². The zero-order chi connectivity index (χ0) is 14.9. The minimum Gasteiger partial charge on any atom is -0.506 e. The lowest BCUT2D eigenvalue weighted by atomic mass is 9.88. The van der Waals surface area contributed by atoms with Gasteiger partial charge in [-0.05, 0) is 31.6 Å². The van der Waals surface area contributed by atoms with Gasteiger partial charge in [0.1, 0.15) is 22.7 Å². The molecule has 1 aromatic rings. The van der Waals surface area contributed by atoms with E-state index in [1.54, 1.807) is 32.1 Å². The maximum atomic E-state index is 10.5. The van der Waals surface area contributed by atoms with Gasteiger partial charge in [-0.2, -0.15) is 0 Å². The van der Waals surface area contributed by atoms with Crippen molar-refractivity contribution in [2.75, 3.05) is 5.06 Å². The highest BCUT2D eigenvalue weighted by molar-refractivity contribution is 6.09. The van der Waals surface area contributed by atoms with Gasteiger partial charge < -0.3 is 15.4 Å². The molecular weight excluding hydrogens is 260 g/mol. The second-order valence-electron chi connectivity index (χ2n) is 4.76. The number of aryl methyl sites for hydroxylation is 1. The molecule has 20 heavy (non-hydrogen) atoms. The van der Waals surface area contributed by atoms with Crippen LogP contribution in [0, 0.1) is 6.92 Å². The molecule has 0 saturated heterocycles. The van der Waals surface area contributed by atoms with Crippen LogP contribution < -0.4 is 5.06 Å². The van der Waals surface area contributed by atoms with Crippen molar-refractivity contribution in [1.29, 1.82) is 0 Å². The summed E-state index contributed by atoms with van der Waals surface area (Å²) in [7, 11) is 0. The van der Waals surface area contributed by atoms with Crippen LogP contribution in [-0.2, 0) is 0 Å². The van der Waals surface area contributed by atoms with Gasteiger partial charge in [0.25, 0.3) is 0 Å². The van der Waals surface area contributed by atoms with Gasteiger partial charge in [0, 0.05) is 0 Å². The normalized spacial score (nSPS) is 23.8. The molecule has 0 radical (unpaired) electrons. The van der Waals surface area contributed by atoms with Crippen molar-refractivity contribution < 1.29 is 20.6 Å². The fraction of sp³-hybridized carbons (Fsp3) is 0.214. The van der Waals surface area contributed by atoms with Crippen molar-refractivity contribution >= 4 is 11.4 Å². The average molecular weight is 276 g/mol. The molecule has 6 heteroatoms. The molecule has 106 valence electrons. The molecule has 6 nitrogen and oxygen atoms in total. The Morgan fingerprint density at radius 2 is 1.95 bits per heavy atom. The van der Waals surface area contributed by atoms with E-state index in [-0.39, 0.29) is 22.9 Å². The van der Waals surface area contributed by atoms with Gasteiger partial charge in [0.05, 0.1) is 0 Å². The lowest BCUT2D eigenvalue weighted by Crippen LogP contribution is -2.51. The Bertz CT molecular complexity index is 601. The summed E-state index contributed by atoms with van der Waals surface area (Å²) in [5.41, 5.74) is -0.619. The predicted octanol–water partition coefficient (Wildman–Crippen LogP) is 2.50. The highest BCUT2D eigenvalue weighted by atomic mass is 16.5. The molecule has 1 unspecified atom stereocenters. The molecule has 0 saturated carbocycles. The molecule has 0 aromatic heterocycles. The van der Waals surface area contributed by atoms with E-state index >= 15 is 0 Å². The van der Waals surface area contributed by atoms with Crippen LogP contribution in [0.2, 0.25) is 0 Å². The summed E-state index contributed by atoms with van der Waals surface area (Å²) in [6.07, 6.45) is 4.43. The predicted molar refractivity (Wildman–Crippen MR) is 74.6 cm³/mol. The standard InChI is InChI=1S/C14H16N2O4/c1-9-5-3-6-10(17)12(9)16(20)14(2)8-4-7-11(18)13(14)15-19/h3-8,17-20H,1-2H3/b15-13+. The van der Waals surface area contributed by atoms with Gasteiger partial charge in [0.2, 0.25) is 0 Å². The second-order valence-corrected chi connectivity index (χ2v) is 4.76. The average Bonchev–Trinajstić information content (AvgIpc) is 2.38. The minimum absolute atomic E-state index is 0.117. The fourth-order valence-corrected chi connectivity index (χ4v) is 2.22. The molecule has 1 aliphatic rings. The number of hydroxylamine groups is 1. The van der Waals surface area contributed by atoms with Crippen LogP contribution in [0.4, 0.5) is 5.69 Å². The number of anilines is 1. The van der Waals surface area contributed by atoms with E-state index in [1.165, 1.54) is 18.2 Å². The van der Waals surface area contributed by atoms with E-state index in [1.807, 2.05) is 0 Å². The molecule has 0 amide bonds. The van der Waals surface area contributed by atoms with Crippen LogP contribution in [0.25, 0.3) is 0 Å². The quantitative estimate of drug-likeness (QED) is 0.491. The molecule has 1 aliphatic carbocycles. The maximum Gasteiger partial charge on any atom is 0.153 e. The van der Waals surface area contributed by atoms with Crippen LogP contribution in [0.15, 0.2) is 47.3 Å². The zero-order valence-electron chi connectivity index (χ0n) is 11.1.